The van der Waals surface area contributed by atoms with Crippen molar-refractivity contribution in [2.24, 2.45) is 5.92 Å². The second kappa shape index (κ2) is 5.95. The van der Waals surface area contributed by atoms with Gasteiger partial charge in [-0.3, -0.25) is 0 Å². The lowest BCUT2D eigenvalue weighted by Crippen LogP contribution is -2.37. The predicted octanol–water partition coefficient (Wildman–Crippen LogP) is 5.05. The van der Waals surface area contributed by atoms with Crippen LogP contribution in [-0.2, 0) is 10.9 Å². The molecule has 6 heteroatoms. The zero-order valence-corrected chi connectivity index (χ0v) is 13.4. The highest BCUT2D eigenvalue weighted by atomic mass is 19.4. The minimum Gasteiger partial charge on any atom is -0.508 e. The number of aromatic hydroxyl groups is 1. The number of para-hydroxylation sites is 1. The first-order valence-corrected chi connectivity index (χ1v) is 8.32. The first-order valence-electron chi connectivity index (χ1n) is 8.32. The van der Waals surface area contributed by atoms with Crippen LogP contribution in [0.1, 0.15) is 41.7 Å². The number of benzene rings is 2. The third-order valence-corrected chi connectivity index (χ3v) is 5.03. The summed E-state index contributed by atoms with van der Waals surface area (Å²) in [6.07, 6.45) is -3.09. The van der Waals surface area contributed by atoms with E-state index in [9.17, 15) is 18.3 Å². The molecule has 1 saturated heterocycles. The number of hydrogen-bond acceptors (Lipinski definition) is 3. The molecule has 0 amide bonds. The van der Waals surface area contributed by atoms with Crippen molar-refractivity contribution in [3.05, 3.63) is 59.2 Å². The van der Waals surface area contributed by atoms with Crippen molar-refractivity contribution in [2.45, 2.75) is 31.2 Å². The van der Waals surface area contributed by atoms with Gasteiger partial charge in [0.2, 0.25) is 0 Å². The summed E-state index contributed by atoms with van der Waals surface area (Å²) >= 11 is 0. The average molecular weight is 349 g/mol. The zero-order valence-electron chi connectivity index (χ0n) is 13.4. The molecule has 2 aromatic rings. The molecular weight excluding hydrogens is 331 g/mol. The van der Waals surface area contributed by atoms with E-state index in [0.29, 0.717) is 12.2 Å². The van der Waals surface area contributed by atoms with Crippen LogP contribution in [-0.4, -0.2) is 11.7 Å². The molecule has 2 N–H and O–H groups in total. The van der Waals surface area contributed by atoms with Gasteiger partial charge >= 0.3 is 6.18 Å². The summed E-state index contributed by atoms with van der Waals surface area (Å²) in [4.78, 5) is 0. The summed E-state index contributed by atoms with van der Waals surface area (Å²) in [5.41, 5.74) is 0.744. The summed E-state index contributed by atoms with van der Waals surface area (Å²) in [5.74, 6) is 0.119. The van der Waals surface area contributed by atoms with Gasteiger partial charge in [-0.2, -0.15) is 13.2 Å². The fourth-order valence-electron chi connectivity index (χ4n) is 3.98. The topological polar surface area (TPSA) is 41.5 Å². The van der Waals surface area contributed by atoms with E-state index in [4.69, 9.17) is 4.74 Å². The van der Waals surface area contributed by atoms with E-state index in [2.05, 4.69) is 5.32 Å². The lowest BCUT2D eigenvalue weighted by molar-refractivity contribution is -0.137. The summed E-state index contributed by atoms with van der Waals surface area (Å²) in [7, 11) is 0. The smallest absolute Gasteiger partial charge is 0.418 e. The number of nitrogens with one attached hydrogen (secondary N) is 1. The Morgan fingerprint density at radius 1 is 1.12 bits per heavy atom. The normalized spacial score (nSPS) is 25.6. The van der Waals surface area contributed by atoms with Crippen molar-refractivity contribution in [3.8, 4) is 5.75 Å². The molecule has 0 bridgehead atoms. The molecule has 1 fully saturated rings. The molecule has 0 aromatic heterocycles. The fourth-order valence-corrected chi connectivity index (χ4v) is 3.98. The van der Waals surface area contributed by atoms with Gasteiger partial charge in [-0.25, -0.2) is 0 Å². The Kier molecular flexibility index (Phi) is 3.87. The highest BCUT2D eigenvalue weighted by Crippen LogP contribution is 2.52. The highest BCUT2D eigenvalue weighted by Gasteiger charge is 2.44. The molecule has 0 aliphatic carbocycles. The number of halogens is 3. The SMILES string of the molecule is Oc1cccc([C@@H]2Nc3c(cccc3C(F)(F)F)[C@H]3OCCC[C@H]32)c1. The fraction of sp³-hybridized carbons (Fsp3) is 0.368. The molecule has 0 saturated carbocycles. The van der Waals surface area contributed by atoms with Gasteiger partial charge in [0.25, 0.3) is 0 Å². The lowest BCUT2D eigenvalue weighted by atomic mass is 9.77. The van der Waals surface area contributed by atoms with Gasteiger partial charge in [-0.05, 0) is 36.6 Å². The number of alkyl halides is 3. The van der Waals surface area contributed by atoms with Crippen LogP contribution in [0.5, 0.6) is 5.75 Å². The van der Waals surface area contributed by atoms with Crippen molar-refractivity contribution in [2.75, 3.05) is 11.9 Å². The number of phenols is 1. The van der Waals surface area contributed by atoms with E-state index in [1.165, 1.54) is 6.07 Å². The van der Waals surface area contributed by atoms with Crippen LogP contribution in [0.15, 0.2) is 42.5 Å². The molecule has 0 radical (unpaired) electrons. The molecular formula is C19H18F3NO2. The predicted molar refractivity (Wildman–Crippen MR) is 87.3 cm³/mol. The number of ether oxygens (including phenoxy) is 1. The van der Waals surface area contributed by atoms with E-state index in [1.54, 1.807) is 24.3 Å². The Bertz CT molecular complexity index is 790. The number of phenolic OH excluding ortho intramolecular Hbond substituents is 1. The van der Waals surface area contributed by atoms with Crippen LogP contribution >= 0.6 is 0 Å². The zero-order chi connectivity index (χ0) is 17.6. The Balaban J connectivity index is 1.85. The van der Waals surface area contributed by atoms with E-state index in [0.717, 1.165) is 24.5 Å². The average Bonchev–Trinajstić information content (AvgIpc) is 2.59. The lowest BCUT2D eigenvalue weighted by Gasteiger charge is -2.44. The van der Waals surface area contributed by atoms with Crippen molar-refractivity contribution in [1.29, 1.82) is 0 Å². The minimum atomic E-state index is -4.44. The minimum absolute atomic E-state index is 0.0199. The van der Waals surface area contributed by atoms with E-state index in [-0.39, 0.29) is 29.5 Å². The van der Waals surface area contributed by atoms with Crippen LogP contribution in [0.3, 0.4) is 0 Å². The maximum atomic E-state index is 13.5. The van der Waals surface area contributed by atoms with Crippen molar-refractivity contribution in [3.63, 3.8) is 0 Å². The van der Waals surface area contributed by atoms with Gasteiger partial charge in [0, 0.05) is 18.1 Å². The molecule has 2 aliphatic heterocycles. The van der Waals surface area contributed by atoms with Crippen LogP contribution in [0.4, 0.5) is 18.9 Å². The number of fused-ring (bicyclic) bond motifs is 3. The Labute approximate surface area is 143 Å². The van der Waals surface area contributed by atoms with Gasteiger partial charge in [0.05, 0.1) is 23.4 Å². The number of anilines is 1. The summed E-state index contributed by atoms with van der Waals surface area (Å²) < 4.78 is 46.3. The second-order valence-corrected chi connectivity index (χ2v) is 6.58. The molecule has 3 nitrogen and oxygen atoms in total. The first kappa shape index (κ1) is 16.3. The summed E-state index contributed by atoms with van der Waals surface area (Å²) in [6, 6.07) is 10.6. The second-order valence-electron chi connectivity index (χ2n) is 6.58. The molecule has 2 aromatic carbocycles. The summed E-state index contributed by atoms with van der Waals surface area (Å²) in [5, 5.41) is 12.9. The molecule has 0 unspecified atom stereocenters. The number of rotatable bonds is 1. The monoisotopic (exact) mass is 349 g/mol. The molecule has 4 rings (SSSR count). The van der Waals surface area contributed by atoms with Gasteiger partial charge in [-0.15, -0.1) is 0 Å². The van der Waals surface area contributed by atoms with Crippen LogP contribution in [0.25, 0.3) is 0 Å². The first-order chi connectivity index (χ1) is 11.9. The maximum absolute atomic E-state index is 13.5. The largest absolute Gasteiger partial charge is 0.508 e. The Morgan fingerprint density at radius 2 is 1.92 bits per heavy atom. The number of hydrogen-bond donors (Lipinski definition) is 2. The maximum Gasteiger partial charge on any atom is 0.418 e. The van der Waals surface area contributed by atoms with Crippen LogP contribution < -0.4 is 5.32 Å². The molecule has 2 aliphatic rings. The van der Waals surface area contributed by atoms with E-state index in [1.807, 2.05) is 6.07 Å². The highest BCUT2D eigenvalue weighted by molar-refractivity contribution is 5.63. The quantitative estimate of drug-likeness (QED) is 0.757. The standard InChI is InChI=1S/C19H18F3NO2/c20-19(21,22)15-8-2-6-14-17(15)23-16(11-4-1-5-12(24)10-11)13-7-3-9-25-18(13)14/h1-2,4-6,8,10,13,16,18,23-24H,3,7,9H2/t13-,16-,18-/m0/s1. The van der Waals surface area contributed by atoms with Crippen molar-refractivity contribution >= 4 is 5.69 Å². The molecule has 3 atom stereocenters. The Hall–Kier alpha value is -2.21. The molecule has 132 valence electrons. The third kappa shape index (κ3) is 2.84. The van der Waals surface area contributed by atoms with Gasteiger partial charge in [0.15, 0.2) is 0 Å². The van der Waals surface area contributed by atoms with Gasteiger partial charge in [0.1, 0.15) is 5.75 Å². The van der Waals surface area contributed by atoms with Crippen molar-refractivity contribution < 1.29 is 23.0 Å². The molecule has 0 spiro atoms. The summed E-state index contributed by atoms with van der Waals surface area (Å²) in [6.45, 7) is 0.545. The molecule has 25 heavy (non-hydrogen) atoms. The third-order valence-electron chi connectivity index (χ3n) is 5.03. The van der Waals surface area contributed by atoms with Crippen LogP contribution in [0.2, 0.25) is 0 Å². The van der Waals surface area contributed by atoms with Gasteiger partial charge < -0.3 is 15.2 Å². The van der Waals surface area contributed by atoms with Crippen LogP contribution in [0, 0.1) is 5.92 Å². The Morgan fingerprint density at radius 3 is 2.68 bits per heavy atom. The molecule has 2 heterocycles. The van der Waals surface area contributed by atoms with Gasteiger partial charge in [-0.1, -0.05) is 24.3 Å². The van der Waals surface area contributed by atoms with E-state index < -0.39 is 11.7 Å². The van der Waals surface area contributed by atoms with Crippen molar-refractivity contribution in [1.82, 2.24) is 0 Å². The van der Waals surface area contributed by atoms with E-state index >= 15 is 0 Å².